The molecule has 0 atom stereocenters. The van der Waals surface area contributed by atoms with E-state index in [1.807, 2.05) is 0 Å². The lowest BCUT2D eigenvalue weighted by Crippen LogP contribution is -2.22. The predicted octanol–water partition coefficient (Wildman–Crippen LogP) is 1.43. The van der Waals surface area contributed by atoms with Crippen molar-refractivity contribution in [3.8, 4) is 5.75 Å². The van der Waals surface area contributed by atoms with Crippen LogP contribution < -0.4 is 5.32 Å². The molecule has 0 aliphatic carbocycles. The summed E-state index contributed by atoms with van der Waals surface area (Å²) in [4.78, 5) is 11.3. The van der Waals surface area contributed by atoms with Crippen LogP contribution in [0.4, 0.5) is 0 Å². The molecule has 0 radical (unpaired) electrons. The fraction of sp³-hybridized carbons (Fsp3) is 0.417. The fourth-order valence-electron chi connectivity index (χ4n) is 1.28. The van der Waals surface area contributed by atoms with Gasteiger partial charge in [-0.15, -0.1) is 0 Å². The number of rotatable bonds is 6. The predicted molar refractivity (Wildman–Crippen MR) is 61.1 cm³/mol. The lowest BCUT2D eigenvalue weighted by Gasteiger charge is -2.05. The van der Waals surface area contributed by atoms with Crippen molar-refractivity contribution in [2.24, 2.45) is 0 Å². The zero-order valence-corrected chi connectivity index (χ0v) is 9.40. The number of carbonyl (C=O) groups is 1. The minimum Gasteiger partial charge on any atom is -0.508 e. The second-order valence-corrected chi connectivity index (χ2v) is 3.54. The van der Waals surface area contributed by atoms with Crippen LogP contribution >= 0.6 is 0 Å². The quantitative estimate of drug-likeness (QED) is 0.717. The molecule has 16 heavy (non-hydrogen) atoms. The van der Waals surface area contributed by atoms with Crippen molar-refractivity contribution in [2.45, 2.75) is 19.4 Å². The van der Waals surface area contributed by atoms with Gasteiger partial charge in [0.15, 0.2) is 0 Å². The van der Waals surface area contributed by atoms with Gasteiger partial charge in [-0.3, -0.25) is 4.79 Å². The van der Waals surface area contributed by atoms with E-state index in [0.29, 0.717) is 19.6 Å². The van der Waals surface area contributed by atoms with Crippen molar-refractivity contribution in [1.82, 2.24) is 5.32 Å². The van der Waals surface area contributed by atoms with E-state index in [-0.39, 0.29) is 11.7 Å². The molecule has 0 aliphatic rings. The van der Waals surface area contributed by atoms with Crippen LogP contribution in [-0.4, -0.2) is 24.7 Å². The van der Waals surface area contributed by atoms with Crippen molar-refractivity contribution in [3.63, 3.8) is 0 Å². The highest BCUT2D eigenvalue weighted by Crippen LogP contribution is 2.09. The first-order valence-electron chi connectivity index (χ1n) is 5.26. The van der Waals surface area contributed by atoms with Crippen LogP contribution in [0.15, 0.2) is 24.3 Å². The summed E-state index contributed by atoms with van der Waals surface area (Å²) in [6.07, 6.45) is 1.21. The Morgan fingerprint density at radius 1 is 1.38 bits per heavy atom. The summed E-state index contributed by atoms with van der Waals surface area (Å²) in [6.45, 7) is 1.10. The van der Waals surface area contributed by atoms with Crippen LogP contribution in [0, 0.1) is 0 Å². The molecule has 0 saturated carbocycles. The lowest BCUT2D eigenvalue weighted by atomic mass is 10.2. The second kappa shape index (κ2) is 6.85. The molecule has 1 aromatic carbocycles. The molecule has 88 valence electrons. The summed E-state index contributed by atoms with van der Waals surface area (Å²) in [6, 6.07) is 6.77. The first kappa shape index (κ1) is 12.5. The number of methoxy groups -OCH3 is 1. The monoisotopic (exact) mass is 223 g/mol. The summed E-state index contributed by atoms with van der Waals surface area (Å²) in [5.74, 6) is 0.250. The maximum atomic E-state index is 11.3. The SMILES string of the molecule is COCCCC(=O)NCc1ccc(O)cc1. The Labute approximate surface area is 95.2 Å². The molecule has 1 aromatic rings. The lowest BCUT2D eigenvalue weighted by molar-refractivity contribution is -0.121. The van der Waals surface area contributed by atoms with E-state index in [0.717, 1.165) is 12.0 Å². The van der Waals surface area contributed by atoms with E-state index >= 15 is 0 Å². The minimum atomic E-state index is 0.0186. The molecule has 4 heteroatoms. The van der Waals surface area contributed by atoms with Gasteiger partial charge in [-0.2, -0.15) is 0 Å². The highest BCUT2D eigenvalue weighted by Gasteiger charge is 2.00. The largest absolute Gasteiger partial charge is 0.508 e. The Bertz CT molecular complexity index is 322. The van der Waals surface area contributed by atoms with Crippen LogP contribution in [0.5, 0.6) is 5.75 Å². The van der Waals surface area contributed by atoms with Crippen molar-refractivity contribution in [3.05, 3.63) is 29.8 Å². The first-order valence-corrected chi connectivity index (χ1v) is 5.26. The zero-order chi connectivity index (χ0) is 11.8. The average Bonchev–Trinajstić information content (AvgIpc) is 2.29. The number of phenolic OH excluding ortho intramolecular Hbond substituents is 1. The van der Waals surface area contributed by atoms with Crippen LogP contribution in [0.2, 0.25) is 0 Å². The van der Waals surface area contributed by atoms with E-state index in [9.17, 15) is 4.79 Å². The molecule has 0 fully saturated rings. The van der Waals surface area contributed by atoms with Crippen molar-refractivity contribution in [1.29, 1.82) is 0 Å². The molecule has 0 unspecified atom stereocenters. The Morgan fingerprint density at radius 2 is 2.06 bits per heavy atom. The number of ether oxygens (including phenoxy) is 1. The molecule has 1 rings (SSSR count). The summed E-state index contributed by atoms with van der Waals surface area (Å²) in [5.41, 5.74) is 0.970. The van der Waals surface area contributed by atoms with Gasteiger partial charge in [-0.1, -0.05) is 12.1 Å². The number of aromatic hydroxyl groups is 1. The maximum absolute atomic E-state index is 11.3. The number of hydrogen-bond donors (Lipinski definition) is 2. The van der Waals surface area contributed by atoms with Gasteiger partial charge in [0.1, 0.15) is 5.75 Å². The number of nitrogens with one attached hydrogen (secondary N) is 1. The van der Waals surface area contributed by atoms with Gasteiger partial charge >= 0.3 is 0 Å². The van der Waals surface area contributed by atoms with Crippen molar-refractivity contribution >= 4 is 5.91 Å². The third-order valence-electron chi connectivity index (χ3n) is 2.18. The molecule has 0 bridgehead atoms. The normalized spacial score (nSPS) is 10.1. The average molecular weight is 223 g/mol. The zero-order valence-electron chi connectivity index (χ0n) is 9.40. The van der Waals surface area contributed by atoms with Gasteiger partial charge in [-0.05, 0) is 24.1 Å². The van der Waals surface area contributed by atoms with Gasteiger partial charge < -0.3 is 15.2 Å². The van der Waals surface area contributed by atoms with Crippen LogP contribution in [0.1, 0.15) is 18.4 Å². The summed E-state index contributed by atoms with van der Waals surface area (Å²) in [5, 5.41) is 11.9. The second-order valence-electron chi connectivity index (χ2n) is 3.54. The van der Waals surface area contributed by atoms with E-state index in [1.165, 1.54) is 0 Å². The third-order valence-corrected chi connectivity index (χ3v) is 2.18. The van der Waals surface area contributed by atoms with Crippen LogP contribution in [-0.2, 0) is 16.1 Å². The topological polar surface area (TPSA) is 58.6 Å². The number of hydrogen-bond acceptors (Lipinski definition) is 3. The molecular formula is C12H17NO3. The number of benzene rings is 1. The molecule has 0 heterocycles. The molecule has 2 N–H and O–H groups in total. The molecule has 0 aromatic heterocycles. The van der Waals surface area contributed by atoms with Crippen molar-refractivity contribution in [2.75, 3.05) is 13.7 Å². The van der Waals surface area contributed by atoms with Gasteiger partial charge in [0.25, 0.3) is 0 Å². The molecular weight excluding hydrogens is 206 g/mol. The highest BCUT2D eigenvalue weighted by molar-refractivity contribution is 5.75. The molecule has 1 amide bonds. The van der Waals surface area contributed by atoms with E-state index < -0.39 is 0 Å². The Balaban J connectivity index is 2.23. The fourth-order valence-corrected chi connectivity index (χ4v) is 1.28. The number of amides is 1. The summed E-state index contributed by atoms with van der Waals surface area (Å²) in [7, 11) is 1.62. The van der Waals surface area contributed by atoms with Gasteiger partial charge in [0, 0.05) is 26.7 Å². The Kier molecular flexibility index (Phi) is 5.36. The third kappa shape index (κ3) is 4.79. The molecule has 0 saturated heterocycles. The number of carbonyl (C=O) groups excluding carboxylic acids is 1. The van der Waals surface area contributed by atoms with Crippen molar-refractivity contribution < 1.29 is 14.6 Å². The minimum absolute atomic E-state index is 0.0186. The van der Waals surface area contributed by atoms with E-state index in [2.05, 4.69) is 5.32 Å². The molecule has 0 spiro atoms. The Morgan fingerprint density at radius 3 is 2.69 bits per heavy atom. The smallest absolute Gasteiger partial charge is 0.220 e. The molecule has 4 nitrogen and oxygen atoms in total. The standard InChI is InChI=1S/C12H17NO3/c1-16-8-2-3-12(15)13-9-10-4-6-11(14)7-5-10/h4-7,14H,2-3,8-9H2,1H3,(H,13,15). The number of phenols is 1. The van der Waals surface area contributed by atoms with Gasteiger partial charge in [0.05, 0.1) is 0 Å². The van der Waals surface area contributed by atoms with E-state index in [1.54, 1.807) is 31.4 Å². The molecule has 0 aliphatic heterocycles. The highest BCUT2D eigenvalue weighted by atomic mass is 16.5. The maximum Gasteiger partial charge on any atom is 0.220 e. The first-order chi connectivity index (χ1) is 7.72. The van der Waals surface area contributed by atoms with Gasteiger partial charge in [0.2, 0.25) is 5.91 Å². The Hall–Kier alpha value is -1.55. The van der Waals surface area contributed by atoms with E-state index in [4.69, 9.17) is 9.84 Å². The van der Waals surface area contributed by atoms with Crippen LogP contribution in [0.3, 0.4) is 0 Å². The van der Waals surface area contributed by atoms with Gasteiger partial charge in [-0.25, -0.2) is 0 Å². The summed E-state index contributed by atoms with van der Waals surface area (Å²) < 4.78 is 4.86. The summed E-state index contributed by atoms with van der Waals surface area (Å²) >= 11 is 0. The van der Waals surface area contributed by atoms with Crippen LogP contribution in [0.25, 0.3) is 0 Å².